The summed E-state index contributed by atoms with van der Waals surface area (Å²) in [6.45, 7) is 3.90. The van der Waals surface area contributed by atoms with Gasteiger partial charge in [-0.15, -0.1) is 11.3 Å². The van der Waals surface area contributed by atoms with Crippen LogP contribution in [0, 0.1) is 6.92 Å². The maximum absolute atomic E-state index is 12.1. The number of hydrogen-bond acceptors (Lipinski definition) is 5. The van der Waals surface area contributed by atoms with Crippen LogP contribution in [0.5, 0.6) is 0 Å². The molecule has 130 valence electrons. The third kappa shape index (κ3) is 6.35. The summed E-state index contributed by atoms with van der Waals surface area (Å²) >= 11 is 1.37. The number of carbonyl (C=O) groups is 2. The second kappa shape index (κ2) is 9.54. The van der Waals surface area contributed by atoms with E-state index in [-0.39, 0.29) is 18.9 Å². The fourth-order valence-corrected chi connectivity index (χ4v) is 2.76. The number of ether oxygens (including phenoxy) is 1. The fraction of sp³-hybridized carbons (Fsp3) is 0.211. The van der Waals surface area contributed by atoms with Crippen molar-refractivity contribution in [1.29, 1.82) is 0 Å². The first-order chi connectivity index (χ1) is 12.1. The third-order valence-corrected chi connectivity index (χ3v) is 4.13. The second-order valence-corrected chi connectivity index (χ2v) is 6.21. The Kier molecular flexibility index (Phi) is 7.10. The molecule has 0 fully saturated rings. The van der Waals surface area contributed by atoms with E-state index in [9.17, 15) is 9.59 Å². The first kappa shape index (κ1) is 18.6. The van der Waals surface area contributed by atoms with E-state index in [0.717, 1.165) is 11.3 Å². The summed E-state index contributed by atoms with van der Waals surface area (Å²) < 4.78 is 5.09. The number of rotatable bonds is 7. The van der Waals surface area contributed by atoms with Crippen LogP contribution < -0.4 is 5.32 Å². The van der Waals surface area contributed by atoms with E-state index in [2.05, 4.69) is 10.3 Å². The van der Waals surface area contributed by atoms with Gasteiger partial charge in [0.15, 0.2) is 0 Å². The minimum Gasteiger partial charge on any atom is -0.456 e. The average molecular weight is 356 g/mol. The molecule has 0 atom stereocenters. The summed E-state index contributed by atoms with van der Waals surface area (Å²) in [7, 11) is 0. The van der Waals surface area contributed by atoms with Gasteiger partial charge >= 0.3 is 5.97 Å². The van der Waals surface area contributed by atoms with Gasteiger partial charge in [0, 0.05) is 17.1 Å². The summed E-state index contributed by atoms with van der Waals surface area (Å²) in [5.74, 6) is -0.550. The number of anilines is 1. The normalized spacial score (nSPS) is 11.1. The molecule has 0 radical (unpaired) electrons. The molecule has 0 saturated carbocycles. The number of allylic oxidation sites excluding steroid dienone is 3. The molecule has 1 heterocycles. The van der Waals surface area contributed by atoms with Crippen molar-refractivity contribution in [2.45, 2.75) is 26.9 Å². The number of nitrogens with one attached hydrogen (secondary N) is 1. The lowest BCUT2D eigenvalue weighted by Crippen LogP contribution is -2.15. The summed E-state index contributed by atoms with van der Waals surface area (Å²) in [5, 5.41) is 5.35. The van der Waals surface area contributed by atoms with Crippen molar-refractivity contribution in [3.63, 3.8) is 0 Å². The van der Waals surface area contributed by atoms with Crippen LogP contribution >= 0.6 is 11.3 Å². The van der Waals surface area contributed by atoms with E-state index in [0.29, 0.717) is 10.7 Å². The monoisotopic (exact) mass is 356 g/mol. The molecular formula is C19H20N2O3S. The van der Waals surface area contributed by atoms with Crippen LogP contribution in [0.4, 0.5) is 5.69 Å². The highest BCUT2D eigenvalue weighted by molar-refractivity contribution is 7.09. The van der Waals surface area contributed by atoms with Crippen LogP contribution in [0.3, 0.4) is 0 Å². The molecule has 1 N–H and O–H groups in total. The topological polar surface area (TPSA) is 68.3 Å². The molecule has 25 heavy (non-hydrogen) atoms. The zero-order valence-electron chi connectivity index (χ0n) is 14.2. The molecule has 6 heteroatoms. The van der Waals surface area contributed by atoms with Gasteiger partial charge in [-0.3, -0.25) is 4.79 Å². The lowest BCUT2D eigenvalue weighted by atomic mass is 10.2. The number of amides is 1. The Morgan fingerprint density at radius 1 is 1.28 bits per heavy atom. The molecule has 0 unspecified atom stereocenters. The van der Waals surface area contributed by atoms with Gasteiger partial charge in [0.1, 0.15) is 11.6 Å². The summed E-state index contributed by atoms with van der Waals surface area (Å²) in [5.41, 5.74) is 2.44. The second-order valence-electron chi connectivity index (χ2n) is 5.27. The number of esters is 1. The number of para-hydroxylation sites is 1. The van der Waals surface area contributed by atoms with E-state index >= 15 is 0 Å². The first-order valence-corrected chi connectivity index (χ1v) is 8.71. The molecule has 0 spiro atoms. The minimum absolute atomic E-state index is 0.0922. The van der Waals surface area contributed by atoms with Crippen molar-refractivity contribution >= 4 is 28.9 Å². The van der Waals surface area contributed by atoms with E-state index in [1.54, 1.807) is 17.5 Å². The van der Waals surface area contributed by atoms with Gasteiger partial charge in [0.2, 0.25) is 5.91 Å². The Morgan fingerprint density at radius 3 is 2.84 bits per heavy atom. The zero-order valence-corrected chi connectivity index (χ0v) is 15.0. The lowest BCUT2D eigenvalue weighted by molar-refractivity contribution is -0.139. The Morgan fingerprint density at radius 2 is 2.08 bits per heavy atom. The van der Waals surface area contributed by atoms with E-state index in [1.165, 1.54) is 17.4 Å². The number of benzene rings is 1. The van der Waals surface area contributed by atoms with Crippen molar-refractivity contribution in [1.82, 2.24) is 4.98 Å². The minimum atomic E-state index is -0.426. The molecule has 0 bridgehead atoms. The van der Waals surface area contributed by atoms with Crippen LogP contribution in [0.1, 0.15) is 23.2 Å². The van der Waals surface area contributed by atoms with Crippen LogP contribution in [0.2, 0.25) is 0 Å². The SMILES string of the molecule is CC=CC=CC(=O)OCc1csc(CC(=O)Nc2ccccc2C)n1. The van der Waals surface area contributed by atoms with Crippen molar-refractivity contribution in [2.75, 3.05) is 5.32 Å². The fourth-order valence-electron chi connectivity index (χ4n) is 1.98. The average Bonchev–Trinajstić information content (AvgIpc) is 3.02. The van der Waals surface area contributed by atoms with E-state index in [1.807, 2.05) is 44.2 Å². The van der Waals surface area contributed by atoms with Crippen molar-refractivity contribution in [3.05, 3.63) is 70.2 Å². The van der Waals surface area contributed by atoms with Gasteiger partial charge in [-0.1, -0.05) is 36.4 Å². The number of carbonyl (C=O) groups excluding carboxylic acids is 2. The maximum atomic E-state index is 12.1. The largest absolute Gasteiger partial charge is 0.456 e. The van der Waals surface area contributed by atoms with Gasteiger partial charge in [0.25, 0.3) is 0 Å². The van der Waals surface area contributed by atoms with Crippen LogP contribution in [-0.2, 0) is 27.4 Å². The quantitative estimate of drug-likeness (QED) is 0.465. The van der Waals surface area contributed by atoms with Gasteiger partial charge < -0.3 is 10.1 Å². The van der Waals surface area contributed by atoms with E-state index in [4.69, 9.17) is 4.74 Å². The number of nitrogens with zero attached hydrogens (tertiary/aromatic N) is 1. The molecule has 2 aromatic rings. The van der Waals surface area contributed by atoms with Gasteiger partial charge in [0.05, 0.1) is 12.1 Å². The zero-order chi connectivity index (χ0) is 18.1. The molecule has 1 aromatic carbocycles. The molecular weight excluding hydrogens is 336 g/mol. The summed E-state index contributed by atoms with van der Waals surface area (Å²) in [6, 6.07) is 7.60. The van der Waals surface area contributed by atoms with Crippen molar-refractivity contribution in [3.8, 4) is 0 Å². The molecule has 1 amide bonds. The molecule has 0 aliphatic rings. The number of hydrogen-bond donors (Lipinski definition) is 1. The first-order valence-electron chi connectivity index (χ1n) is 7.83. The molecule has 1 aromatic heterocycles. The standard InChI is InChI=1S/C19H20N2O3S/c1-3-4-5-10-19(23)24-12-15-13-25-18(20-15)11-17(22)21-16-9-7-6-8-14(16)2/h3-10,13H,11-12H2,1-2H3,(H,21,22). The molecule has 0 saturated heterocycles. The summed E-state index contributed by atoms with van der Waals surface area (Å²) in [6.07, 6.45) is 6.72. The predicted molar refractivity (Wildman–Crippen MR) is 99.4 cm³/mol. The Bertz CT molecular complexity index is 793. The lowest BCUT2D eigenvalue weighted by Gasteiger charge is -2.06. The van der Waals surface area contributed by atoms with Crippen LogP contribution in [0.25, 0.3) is 0 Å². The summed E-state index contributed by atoms with van der Waals surface area (Å²) in [4.78, 5) is 27.9. The highest BCUT2D eigenvalue weighted by atomic mass is 32.1. The maximum Gasteiger partial charge on any atom is 0.331 e. The van der Waals surface area contributed by atoms with Crippen LogP contribution in [0.15, 0.2) is 53.9 Å². The van der Waals surface area contributed by atoms with Crippen molar-refractivity contribution in [2.24, 2.45) is 0 Å². The van der Waals surface area contributed by atoms with Crippen molar-refractivity contribution < 1.29 is 14.3 Å². The smallest absolute Gasteiger partial charge is 0.331 e. The highest BCUT2D eigenvalue weighted by Crippen LogP contribution is 2.15. The Balaban J connectivity index is 1.83. The predicted octanol–water partition coefficient (Wildman–Crippen LogP) is 3.81. The number of aromatic nitrogens is 1. The Labute approximate surface area is 151 Å². The van der Waals surface area contributed by atoms with Crippen LogP contribution in [-0.4, -0.2) is 16.9 Å². The molecule has 5 nitrogen and oxygen atoms in total. The van der Waals surface area contributed by atoms with E-state index < -0.39 is 5.97 Å². The molecule has 0 aliphatic carbocycles. The number of aryl methyl sites for hydroxylation is 1. The molecule has 0 aliphatic heterocycles. The highest BCUT2D eigenvalue weighted by Gasteiger charge is 2.10. The van der Waals surface area contributed by atoms with Gasteiger partial charge in [-0.25, -0.2) is 9.78 Å². The third-order valence-electron chi connectivity index (χ3n) is 3.23. The van der Waals surface area contributed by atoms with Gasteiger partial charge in [-0.05, 0) is 25.5 Å². The molecule has 2 rings (SSSR count). The Hall–Kier alpha value is -2.73. The number of thiazole rings is 1. The van der Waals surface area contributed by atoms with Gasteiger partial charge in [-0.2, -0.15) is 0 Å².